The summed E-state index contributed by atoms with van der Waals surface area (Å²) in [5.41, 5.74) is 0.703. The number of nitrogens with one attached hydrogen (secondary N) is 1. The largest absolute Gasteiger partial charge is 0.331 e. The second-order valence-corrected chi connectivity index (χ2v) is 5.43. The summed E-state index contributed by atoms with van der Waals surface area (Å²) < 4.78 is 0. The predicted molar refractivity (Wildman–Crippen MR) is 79.7 cm³/mol. The summed E-state index contributed by atoms with van der Waals surface area (Å²) in [5.74, 6) is -0.0458. The summed E-state index contributed by atoms with van der Waals surface area (Å²) in [6, 6.07) is 6.63. The molecule has 2 amide bonds. The number of rotatable bonds is 4. The van der Waals surface area contributed by atoms with Crippen LogP contribution in [0.25, 0.3) is 0 Å². The fourth-order valence-corrected chi connectivity index (χ4v) is 2.58. The Morgan fingerprint density at radius 3 is 2.70 bits per heavy atom. The minimum atomic E-state index is -0.343. The van der Waals surface area contributed by atoms with Crippen LogP contribution in [0.5, 0.6) is 0 Å². The van der Waals surface area contributed by atoms with Crippen molar-refractivity contribution in [1.82, 2.24) is 4.90 Å². The average Bonchev–Trinajstić information content (AvgIpc) is 2.91. The first-order chi connectivity index (χ1) is 9.61. The van der Waals surface area contributed by atoms with Crippen LogP contribution >= 0.6 is 11.6 Å². The molecule has 0 aromatic heterocycles. The molecule has 1 aromatic carbocycles. The highest BCUT2D eigenvalue weighted by Gasteiger charge is 2.33. The van der Waals surface area contributed by atoms with Crippen LogP contribution in [0.3, 0.4) is 0 Å². The van der Waals surface area contributed by atoms with Gasteiger partial charge in [0.15, 0.2) is 0 Å². The summed E-state index contributed by atoms with van der Waals surface area (Å²) >= 11 is 5.81. The Labute approximate surface area is 124 Å². The lowest BCUT2D eigenvalue weighted by molar-refractivity contribution is -0.136. The third-order valence-corrected chi connectivity index (χ3v) is 3.70. The molecule has 4 nitrogen and oxygen atoms in total. The number of likely N-dealkylation sites (tertiary alicyclic amines) is 1. The third kappa shape index (κ3) is 3.51. The van der Waals surface area contributed by atoms with Gasteiger partial charge in [0.25, 0.3) is 0 Å². The van der Waals surface area contributed by atoms with Crippen molar-refractivity contribution in [3.63, 3.8) is 0 Å². The van der Waals surface area contributed by atoms with Gasteiger partial charge in [0.05, 0.1) is 0 Å². The van der Waals surface area contributed by atoms with E-state index in [4.69, 9.17) is 11.6 Å². The molecule has 0 unspecified atom stereocenters. The summed E-state index contributed by atoms with van der Waals surface area (Å²) in [6.07, 6.45) is 2.93. The highest BCUT2D eigenvalue weighted by Crippen LogP contribution is 2.21. The number of hydrogen-bond donors (Lipinski definition) is 1. The number of nitrogens with zero attached hydrogens (tertiary/aromatic N) is 1. The van der Waals surface area contributed by atoms with Gasteiger partial charge >= 0.3 is 0 Å². The standard InChI is InChI=1S/C15H19ClN2O2/c1-2-4-14(19)18-10-3-5-13(18)15(20)17-12-8-6-11(16)7-9-12/h6-9,13H,2-5,10H2,1H3,(H,17,20)/t13-/m1/s1. The van der Waals surface area contributed by atoms with Crippen LogP contribution in [0.2, 0.25) is 5.02 Å². The second-order valence-electron chi connectivity index (χ2n) is 4.99. The molecule has 1 aliphatic rings. The summed E-state index contributed by atoms with van der Waals surface area (Å²) in [5, 5.41) is 3.47. The Balaban J connectivity index is 2.00. The van der Waals surface area contributed by atoms with E-state index in [0.717, 1.165) is 19.3 Å². The molecule has 5 heteroatoms. The molecule has 2 rings (SSSR count). The quantitative estimate of drug-likeness (QED) is 0.928. The molecule has 0 spiro atoms. The normalized spacial score (nSPS) is 18.1. The number of amides is 2. The van der Waals surface area contributed by atoms with Crippen molar-refractivity contribution in [1.29, 1.82) is 0 Å². The molecular formula is C15H19ClN2O2. The van der Waals surface area contributed by atoms with E-state index in [9.17, 15) is 9.59 Å². The lowest BCUT2D eigenvalue weighted by Gasteiger charge is -2.23. The fraction of sp³-hybridized carbons (Fsp3) is 0.467. The molecule has 1 fully saturated rings. The fourth-order valence-electron chi connectivity index (χ4n) is 2.45. The van der Waals surface area contributed by atoms with Gasteiger partial charge < -0.3 is 10.2 Å². The molecule has 0 radical (unpaired) electrons. The van der Waals surface area contributed by atoms with Gasteiger partial charge in [-0.25, -0.2) is 0 Å². The predicted octanol–water partition coefficient (Wildman–Crippen LogP) is 3.07. The van der Waals surface area contributed by atoms with E-state index in [0.29, 0.717) is 23.7 Å². The van der Waals surface area contributed by atoms with E-state index >= 15 is 0 Å². The van der Waals surface area contributed by atoms with Crippen molar-refractivity contribution < 1.29 is 9.59 Å². The van der Waals surface area contributed by atoms with E-state index in [2.05, 4.69) is 5.32 Å². The van der Waals surface area contributed by atoms with Crippen LogP contribution < -0.4 is 5.32 Å². The maximum atomic E-state index is 12.3. The van der Waals surface area contributed by atoms with Crippen LogP contribution in [0.1, 0.15) is 32.6 Å². The average molecular weight is 295 g/mol. The van der Waals surface area contributed by atoms with Gasteiger partial charge in [-0.3, -0.25) is 9.59 Å². The van der Waals surface area contributed by atoms with Crippen molar-refractivity contribution in [2.24, 2.45) is 0 Å². The minimum absolute atomic E-state index is 0.0706. The molecule has 0 bridgehead atoms. The van der Waals surface area contributed by atoms with Crippen LogP contribution in [-0.2, 0) is 9.59 Å². The van der Waals surface area contributed by atoms with E-state index in [-0.39, 0.29) is 17.9 Å². The number of carbonyl (C=O) groups is 2. The molecule has 1 heterocycles. The molecule has 1 atom stereocenters. The van der Waals surface area contributed by atoms with Gasteiger partial charge in [-0.1, -0.05) is 18.5 Å². The first-order valence-corrected chi connectivity index (χ1v) is 7.35. The van der Waals surface area contributed by atoms with Gasteiger partial charge in [0.2, 0.25) is 11.8 Å². The summed E-state index contributed by atoms with van der Waals surface area (Å²) in [7, 11) is 0. The van der Waals surface area contributed by atoms with Crippen molar-refractivity contribution in [3.05, 3.63) is 29.3 Å². The molecule has 1 aliphatic heterocycles. The van der Waals surface area contributed by atoms with Crippen LogP contribution in [0.4, 0.5) is 5.69 Å². The minimum Gasteiger partial charge on any atom is -0.331 e. The Morgan fingerprint density at radius 1 is 1.35 bits per heavy atom. The molecule has 1 aromatic rings. The Morgan fingerprint density at radius 2 is 2.05 bits per heavy atom. The summed E-state index contributed by atoms with van der Waals surface area (Å²) in [6.45, 7) is 2.65. The van der Waals surface area contributed by atoms with Crippen molar-refractivity contribution in [2.75, 3.05) is 11.9 Å². The van der Waals surface area contributed by atoms with Gasteiger partial charge in [-0.15, -0.1) is 0 Å². The number of hydrogen-bond acceptors (Lipinski definition) is 2. The lowest BCUT2D eigenvalue weighted by atomic mass is 10.2. The summed E-state index contributed by atoms with van der Waals surface area (Å²) in [4.78, 5) is 26.0. The zero-order valence-electron chi connectivity index (χ0n) is 11.6. The number of halogens is 1. The maximum absolute atomic E-state index is 12.3. The molecule has 0 aliphatic carbocycles. The molecule has 1 saturated heterocycles. The SMILES string of the molecule is CCCC(=O)N1CCC[C@@H]1C(=O)Nc1ccc(Cl)cc1. The van der Waals surface area contributed by atoms with Crippen LogP contribution in [0.15, 0.2) is 24.3 Å². The Kier molecular flexibility index (Phi) is 5.01. The molecule has 108 valence electrons. The Hall–Kier alpha value is -1.55. The zero-order chi connectivity index (χ0) is 14.5. The van der Waals surface area contributed by atoms with Gasteiger partial charge in [-0.2, -0.15) is 0 Å². The number of benzene rings is 1. The topological polar surface area (TPSA) is 49.4 Å². The van der Waals surface area contributed by atoms with E-state index in [1.165, 1.54) is 0 Å². The number of anilines is 1. The van der Waals surface area contributed by atoms with Gasteiger partial charge in [-0.05, 0) is 43.5 Å². The highest BCUT2D eigenvalue weighted by molar-refractivity contribution is 6.30. The first-order valence-electron chi connectivity index (χ1n) is 6.97. The van der Waals surface area contributed by atoms with Crippen LogP contribution in [0, 0.1) is 0 Å². The van der Waals surface area contributed by atoms with Gasteiger partial charge in [0, 0.05) is 23.7 Å². The maximum Gasteiger partial charge on any atom is 0.247 e. The third-order valence-electron chi connectivity index (χ3n) is 3.45. The van der Waals surface area contributed by atoms with Crippen molar-refractivity contribution in [2.45, 2.75) is 38.6 Å². The molecule has 20 heavy (non-hydrogen) atoms. The second kappa shape index (κ2) is 6.75. The highest BCUT2D eigenvalue weighted by atomic mass is 35.5. The number of carbonyl (C=O) groups excluding carboxylic acids is 2. The van der Waals surface area contributed by atoms with Crippen LogP contribution in [-0.4, -0.2) is 29.3 Å². The smallest absolute Gasteiger partial charge is 0.247 e. The van der Waals surface area contributed by atoms with Crippen molar-refractivity contribution >= 4 is 29.1 Å². The first kappa shape index (κ1) is 14.9. The van der Waals surface area contributed by atoms with E-state index < -0.39 is 0 Å². The monoisotopic (exact) mass is 294 g/mol. The van der Waals surface area contributed by atoms with Gasteiger partial charge in [0.1, 0.15) is 6.04 Å². The molecule has 1 N–H and O–H groups in total. The zero-order valence-corrected chi connectivity index (χ0v) is 12.3. The van der Waals surface area contributed by atoms with E-state index in [1.807, 2.05) is 6.92 Å². The van der Waals surface area contributed by atoms with E-state index in [1.54, 1.807) is 29.2 Å². The molecular weight excluding hydrogens is 276 g/mol. The molecule has 0 saturated carbocycles. The Bertz CT molecular complexity index is 487. The van der Waals surface area contributed by atoms with Crippen molar-refractivity contribution in [3.8, 4) is 0 Å². The lowest BCUT2D eigenvalue weighted by Crippen LogP contribution is -2.43.